The van der Waals surface area contributed by atoms with Crippen LogP contribution in [0.15, 0.2) is 42.6 Å². The Hall–Kier alpha value is -3.46. The minimum Gasteiger partial charge on any atom is -0.490 e. The lowest BCUT2D eigenvalue weighted by atomic mass is 10.1. The number of amides is 1. The number of nitrogens with one attached hydrogen (secondary N) is 1. The largest absolute Gasteiger partial charge is 0.490 e. The summed E-state index contributed by atoms with van der Waals surface area (Å²) in [7, 11) is 0. The second-order valence-corrected chi connectivity index (χ2v) is 8.00. The Balaban J connectivity index is 1.51. The molecule has 1 N–H and O–H groups in total. The van der Waals surface area contributed by atoms with Crippen LogP contribution in [-0.4, -0.2) is 44.5 Å². The van der Waals surface area contributed by atoms with Crippen molar-refractivity contribution in [2.45, 2.75) is 52.1 Å². The summed E-state index contributed by atoms with van der Waals surface area (Å²) < 4.78 is 18.0. The Kier molecular flexibility index (Phi) is 5.36. The molecule has 1 atom stereocenters. The van der Waals surface area contributed by atoms with Gasteiger partial charge in [-0.25, -0.2) is 9.31 Å². The number of nitrogens with zero attached hydrogens (tertiary/aromatic N) is 3. The first-order valence-corrected chi connectivity index (χ1v) is 10.0. The third-order valence-electron chi connectivity index (χ3n) is 4.55. The van der Waals surface area contributed by atoms with Gasteiger partial charge in [0.25, 0.3) is 0 Å². The second kappa shape index (κ2) is 7.99. The maximum absolute atomic E-state index is 12.3. The van der Waals surface area contributed by atoms with E-state index in [0.29, 0.717) is 5.65 Å². The number of hydrogen-bond donors (Lipinski definition) is 1. The van der Waals surface area contributed by atoms with Gasteiger partial charge in [-0.1, -0.05) is 18.2 Å². The van der Waals surface area contributed by atoms with E-state index in [9.17, 15) is 9.59 Å². The number of aromatic nitrogens is 3. The third-order valence-corrected chi connectivity index (χ3v) is 4.55. The summed E-state index contributed by atoms with van der Waals surface area (Å²) in [5.74, 6) is -1.12. The number of cyclic esters (lactones) is 1. The standard InChI is InChI=1S/C22H24N4O5/c1-13(2)29-16-8-6-5-7-15(16)14-9-10-18-23-21(25-26(18)12-14)24-19(27)11-17-20(28)31-22(3,4)30-17/h5-10,12-13,17H,11H2,1-4H3,(H,24,25,27)/t17-/m0/s1. The van der Waals surface area contributed by atoms with Gasteiger partial charge in [-0.05, 0) is 32.0 Å². The van der Waals surface area contributed by atoms with Crippen LogP contribution >= 0.6 is 0 Å². The number of carbonyl (C=O) groups is 2. The zero-order chi connectivity index (χ0) is 22.2. The van der Waals surface area contributed by atoms with Crippen molar-refractivity contribution in [2.24, 2.45) is 0 Å². The van der Waals surface area contributed by atoms with Gasteiger partial charge in [0.15, 0.2) is 11.8 Å². The van der Waals surface area contributed by atoms with Crippen LogP contribution in [-0.2, 0) is 19.1 Å². The van der Waals surface area contributed by atoms with Crippen molar-refractivity contribution in [2.75, 3.05) is 5.32 Å². The second-order valence-electron chi connectivity index (χ2n) is 8.00. The molecule has 9 nitrogen and oxygen atoms in total. The van der Waals surface area contributed by atoms with E-state index in [2.05, 4.69) is 15.4 Å². The summed E-state index contributed by atoms with van der Waals surface area (Å²) >= 11 is 0. The molecule has 3 aromatic rings. The van der Waals surface area contributed by atoms with Crippen LogP contribution in [0.5, 0.6) is 5.75 Å². The normalized spacial score (nSPS) is 17.7. The number of benzene rings is 1. The molecule has 3 heterocycles. The smallest absolute Gasteiger partial charge is 0.338 e. The van der Waals surface area contributed by atoms with Gasteiger partial charge in [0.2, 0.25) is 17.6 Å². The number of pyridine rings is 1. The van der Waals surface area contributed by atoms with E-state index < -0.39 is 23.8 Å². The van der Waals surface area contributed by atoms with E-state index >= 15 is 0 Å². The lowest BCUT2D eigenvalue weighted by Crippen LogP contribution is -2.26. The molecule has 1 amide bonds. The van der Waals surface area contributed by atoms with Gasteiger partial charge < -0.3 is 14.2 Å². The van der Waals surface area contributed by atoms with Crippen LogP contribution < -0.4 is 10.1 Å². The van der Waals surface area contributed by atoms with Crippen molar-refractivity contribution in [1.82, 2.24) is 14.6 Å². The van der Waals surface area contributed by atoms with Crippen LogP contribution in [0.1, 0.15) is 34.1 Å². The van der Waals surface area contributed by atoms with Gasteiger partial charge in [-0.2, -0.15) is 4.98 Å². The molecule has 1 aliphatic heterocycles. The Morgan fingerprint density at radius 3 is 2.74 bits per heavy atom. The Morgan fingerprint density at radius 1 is 1.26 bits per heavy atom. The minimum atomic E-state index is -1.03. The van der Waals surface area contributed by atoms with Crippen LogP contribution in [0, 0.1) is 0 Å². The number of carbonyl (C=O) groups excluding carboxylic acids is 2. The molecule has 0 bridgehead atoms. The molecular weight excluding hydrogens is 400 g/mol. The van der Waals surface area contributed by atoms with Crippen molar-refractivity contribution in [3.8, 4) is 16.9 Å². The van der Waals surface area contributed by atoms with Crippen molar-refractivity contribution >= 4 is 23.5 Å². The molecule has 162 valence electrons. The molecule has 0 radical (unpaired) electrons. The highest BCUT2D eigenvalue weighted by molar-refractivity contribution is 5.93. The molecule has 31 heavy (non-hydrogen) atoms. The summed E-state index contributed by atoms with van der Waals surface area (Å²) in [5, 5.41) is 6.94. The summed E-state index contributed by atoms with van der Waals surface area (Å²) in [6.45, 7) is 7.19. The van der Waals surface area contributed by atoms with Crippen molar-refractivity contribution in [3.05, 3.63) is 42.6 Å². The number of anilines is 1. The van der Waals surface area contributed by atoms with Crippen LogP contribution in [0.2, 0.25) is 0 Å². The SMILES string of the molecule is CC(C)Oc1ccccc1-c1ccc2nc(NC(=O)C[C@@H]3OC(C)(C)OC3=O)nn2c1. The average molecular weight is 424 g/mol. The van der Waals surface area contributed by atoms with Gasteiger partial charge in [0.1, 0.15) is 5.75 Å². The Morgan fingerprint density at radius 2 is 2.03 bits per heavy atom. The maximum Gasteiger partial charge on any atom is 0.338 e. The summed E-state index contributed by atoms with van der Waals surface area (Å²) in [5.41, 5.74) is 2.40. The van der Waals surface area contributed by atoms with Crippen LogP contribution in [0.3, 0.4) is 0 Å². The zero-order valence-corrected chi connectivity index (χ0v) is 17.8. The van der Waals surface area contributed by atoms with E-state index in [-0.39, 0.29) is 18.5 Å². The van der Waals surface area contributed by atoms with Gasteiger partial charge in [-0.15, -0.1) is 5.10 Å². The van der Waals surface area contributed by atoms with E-state index in [0.717, 1.165) is 16.9 Å². The average Bonchev–Trinajstić information content (AvgIpc) is 3.19. The van der Waals surface area contributed by atoms with Gasteiger partial charge in [0.05, 0.1) is 12.5 Å². The molecule has 0 unspecified atom stereocenters. The molecule has 1 fully saturated rings. The topological polar surface area (TPSA) is 104 Å². The molecule has 0 spiro atoms. The molecule has 4 rings (SSSR count). The number of ether oxygens (including phenoxy) is 3. The Labute approximate surface area is 179 Å². The van der Waals surface area contributed by atoms with E-state index in [1.54, 1.807) is 18.4 Å². The maximum atomic E-state index is 12.3. The lowest BCUT2D eigenvalue weighted by Gasteiger charge is -2.14. The summed E-state index contributed by atoms with van der Waals surface area (Å²) in [6.07, 6.45) is 0.740. The number of hydrogen-bond acceptors (Lipinski definition) is 7. The molecule has 0 aliphatic carbocycles. The highest BCUT2D eigenvalue weighted by Crippen LogP contribution is 2.31. The highest BCUT2D eigenvalue weighted by Gasteiger charge is 2.42. The number of esters is 1. The predicted octanol–water partition coefficient (Wildman–Crippen LogP) is 3.19. The molecule has 0 saturated carbocycles. The summed E-state index contributed by atoms with van der Waals surface area (Å²) in [4.78, 5) is 28.5. The monoisotopic (exact) mass is 424 g/mol. The fourth-order valence-corrected chi connectivity index (χ4v) is 3.35. The van der Waals surface area contributed by atoms with Gasteiger partial charge in [0, 0.05) is 31.2 Å². The molecule has 1 aliphatic rings. The van der Waals surface area contributed by atoms with Crippen LogP contribution in [0.4, 0.5) is 5.95 Å². The first-order chi connectivity index (χ1) is 14.7. The van der Waals surface area contributed by atoms with Gasteiger partial charge in [-0.3, -0.25) is 10.1 Å². The molecule has 9 heteroatoms. The van der Waals surface area contributed by atoms with Gasteiger partial charge >= 0.3 is 5.97 Å². The van der Waals surface area contributed by atoms with Crippen molar-refractivity contribution in [3.63, 3.8) is 0 Å². The molecule has 1 saturated heterocycles. The van der Waals surface area contributed by atoms with Crippen molar-refractivity contribution in [1.29, 1.82) is 0 Å². The fraction of sp³-hybridized carbons (Fsp3) is 0.364. The Bertz CT molecular complexity index is 1140. The first kappa shape index (κ1) is 20.8. The fourth-order valence-electron chi connectivity index (χ4n) is 3.35. The van der Waals surface area contributed by atoms with E-state index in [1.165, 1.54) is 0 Å². The molecule has 2 aromatic heterocycles. The van der Waals surface area contributed by atoms with E-state index in [4.69, 9.17) is 14.2 Å². The van der Waals surface area contributed by atoms with Crippen molar-refractivity contribution < 1.29 is 23.8 Å². The third kappa shape index (κ3) is 4.66. The summed E-state index contributed by atoms with van der Waals surface area (Å²) in [6, 6.07) is 11.5. The highest BCUT2D eigenvalue weighted by atomic mass is 16.8. The number of para-hydroxylation sites is 1. The quantitative estimate of drug-likeness (QED) is 0.606. The molecule has 1 aromatic carbocycles. The lowest BCUT2D eigenvalue weighted by molar-refractivity contribution is -0.160. The van der Waals surface area contributed by atoms with Crippen LogP contribution in [0.25, 0.3) is 16.8 Å². The predicted molar refractivity (Wildman–Crippen MR) is 112 cm³/mol. The molecular formula is C22H24N4O5. The van der Waals surface area contributed by atoms with E-state index in [1.807, 2.05) is 56.4 Å². The number of fused-ring (bicyclic) bond motifs is 1. The zero-order valence-electron chi connectivity index (χ0n) is 17.8. The minimum absolute atomic E-state index is 0.0461. The first-order valence-electron chi connectivity index (χ1n) is 10.0. The number of rotatable bonds is 6.